The summed E-state index contributed by atoms with van der Waals surface area (Å²) in [4.78, 5) is 34.2. The molecule has 2 aromatic heterocycles. The minimum atomic E-state index is -0.463. The molecule has 0 radical (unpaired) electrons. The van der Waals surface area contributed by atoms with Crippen LogP contribution in [0.4, 0.5) is 11.5 Å². The summed E-state index contributed by atoms with van der Waals surface area (Å²) in [5, 5.41) is 2.73. The number of hydrogen-bond donors (Lipinski definition) is 2. The number of H-pyrrole nitrogens is 1. The van der Waals surface area contributed by atoms with Crippen LogP contribution in [0.5, 0.6) is 0 Å². The fourth-order valence-corrected chi connectivity index (χ4v) is 3.03. The lowest BCUT2D eigenvalue weighted by atomic mass is 10.1. The van der Waals surface area contributed by atoms with E-state index in [9.17, 15) is 9.59 Å². The number of carbonyl (C=O) groups is 1. The Labute approximate surface area is 164 Å². The van der Waals surface area contributed by atoms with Gasteiger partial charge >= 0.3 is 0 Å². The van der Waals surface area contributed by atoms with Crippen LogP contribution in [0.1, 0.15) is 29.8 Å². The first-order valence-corrected chi connectivity index (χ1v) is 9.34. The number of aromatic amines is 1. The molecule has 0 aliphatic carbocycles. The van der Waals surface area contributed by atoms with Gasteiger partial charge in [-0.25, -0.2) is 4.98 Å². The molecule has 0 fully saturated rings. The molecule has 2 N–H and O–H groups in total. The lowest BCUT2D eigenvalue weighted by Gasteiger charge is -2.19. The van der Waals surface area contributed by atoms with Gasteiger partial charge in [0.15, 0.2) is 0 Å². The van der Waals surface area contributed by atoms with E-state index in [2.05, 4.69) is 34.0 Å². The van der Waals surface area contributed by atoms with Gasteiger partial charge in [-0.2, -0.15) is 0 Å². The Morgan fingerprint density at radius 3 is 2.50 bits per heavy atom. The maximum Gasteiger partial charge on any atom is 0.261 e. The van der Waals surface area contributed by atoms with Gasteiger partial charge in [0.05, 0.1) is 11.9 Å². The monoisotopic (exact) mass is 376 g/mol. The molecule has 0 saturated carbocycles. The molecule has 6 nitrogen and oxygen atoms in total. The molecule has 6 heteroatoms. The molecule has 1 aromatic carbocycles. The van der Waals surface area contributed by atoms with Gasteiger partial charge < -0.3 is 15.2 Å². The molecule has 2 heterocycles. The van der Waals surface area contributed by atoms with E-state index in [1.54, 1.807) is 24.4 Å². The fraction of sp³-hybridized carbons (Fsp3) is 0.227. The lowest BCUT2D eigenvalue weighted by Crippen LogP contribution is -2.24. The summed E-state index contributed by atoms with van der Waals surface area (Å²) in [6.45, 7) is 7.83. The second kappa shape index (κ2) is 8.52. The normalized spacial score (nSPS) is 10.5. The highest BCUT2D eigenvalue weighted by atomic mass is 16.2. The van der Waals surface area contributed by atoms with Crippen LogP contribution >= 0.6 is 0 Å². The maximum absolute atomic E-state index is 12.5. The third-order valence-electron chi connectivity index (χ3n) is 4.58. The quantitative estimate of drug-likeness (QED) is 0.685. The molecule has 0 spiro atoms. The van der Waals surface area contributed by atoms with Crippen LogP contribution in [0.25, 0.3) is 11.3 Å². The van der Waals surface area contributed by atoms with Gasteiger partial charge in [0, 0.05) is 18.8 Å². The summed E-state index contributed by atoms with van der Waals surface area (Å²) in [5.41, 5.74) is 2.85. The van der Waals surface area contributed by atoms with Crippen molar-refractivity contribution in [3.8, 4) is 11.3 Å². The number of anilines is 2. The van der Waals surface area contributed by atoms with E-state index in [0.29, 0.717) is 11.4 Å². The van der Waals surface area contributed by atoms with Crippen molar-refractivity contribution >= 4 is 17.4 Å². The number of benzene rings is 1. The first-order valence-electron chi connectivity index (χ1n) is 9.34. The van der Waals surface area contributed by atoms with Crippen molar-refractivity contribution in [1.29, 1.82) is 0 Å². The number of nitrogens with zero attached hydrogens (tertiary/aromatic N) is 2. The molecule has 28 heavy (non-hydrogen) atoms. The van der Waals surface area contributed by atoms with Crippen LogP contribution < -0.4 is 15.8 Å². The second-order valence-corrected chi connectivity index (χ2v) is 6.52. The van der Waals surface area contributed by atoms with Gasteiger partial charge in [-0.1, -0.05) is 23.8 Å². The predicted octanol–water partition coefficient (Wildman–Crippen LogP) is 3.84. The summed E-state index contributed by atoms with van der Waals surface area (Å²) in [5.74, 6) is 0.387. The molecule has 0 aliphatic rings. The second-order valence-electron chi connectivity index (χ2n) is 6.52. The van der Waals surface area contributed by atoms with Crippen molar-refractivity contribution in [2.24, 2.45) is 0 Å². The number of carbonyl (C=O) groups excluding carboxylic acids is 1. The van der Waals surface area contributed by atoms with Gasteiger partial charge in [0.1, 0.15) is 11.4 Å². The number of rotatable bonds is 6. The van der Waals surface area contributed by atoms with Crippen molar-refractivity contribution < 1.29 is 4.79 Å². The van der Waals surface area contributed by atoms with Crippen molar-refractivity contribution in [3.05, 3.63) is 76.2 Å². The molecule has 144 valence electrons. The minimum absolute atomic E-state index is 0.0595. The first-order chi connectivity index (χ1) is 13.5. The highest BCUT2D eigenvalue weighted by Gasteiger charge is 2.12. The number of amides is 1. The molecular formula is C22H24N4O2. The van der Waals surface area contributed by atoms with E-state index in [-0.39, 0.29) is 5.56 Å². The predicted molar refractivity (Wildman–Crippen MR) is 113 cm³/mol. The molecule has 0 bridgehead atoms. The van der Waals surface area contributed by atoms with Crippen LogP contribution in [0, 0.1) is 6.92 Å². The number of aromatic nitrogens is 2. The van der Waals surface area contributed by atoms with E-state index < -0.39 is 11.5 Å². The third kappa shape index (κ3) is 4.28. The maximum atomic E-state index is 12.5. The van der Waals surface area contributed by atoms with E-state index in [1.807, 2.05) is 37.3 Å². The van der Waals surface area contributed by atoms with Gasteiger partial charge in [-0.05, 0) is 56.7 Å². The summed E-state index contributed by atoms with van der Waals surface area (Å²) in [6.07, 6.45) is 1.60. The lowest BCUT2D eigenvalue weighted by molar-refractivity contribution is 0.102. The zero-order valence-electron chi connectivity index (χ0n) is 16.3. The minimum Gasteiger partial charge on any atom is -0.357 e. The summed E-state index contributed by atoms with van der Waals surface area (Å²) >= 11 is 0. The van der Waals surface area contributed by atoms with Crippen LogP contribution in [-0.4, -0.2) is 29.0 Å². The SMILES string of the molecule is CCN(CC)c1ccc(NC(=O)c2ccc(-c3cccc(C)c3)[nH]c2=O)cn1. The highest BCUT2D eigenvalue weighted by Crippen LogP contribution is 2.18. The summed E-state index contributed by atoms with van der Waals surface area (Å²) in [7, 11) is 0. The molecule has 0 atom stereocenters. The first kappa shape index (κ1) is 19.4. The third-order valence-corrected chi connectivity index (χ3v) is 4.58. The van der Waals surface area contributed by atoms with E-state index in [0.717, 1.165) is 30.0 Å². The smallest absolute Gasteiger partial charge is 0.261 e. The molecular weight excluding hydrogens is 352 g/mol. The van der Waals surface area contributed by atoms with E-state index in [4.69, 9.17) is 0 Å². The number of aryl methyl sites for hydroxylation is 1. The Balaban J connectivity index is 1.77. The van der Waals surface area contributed by atoms with Gasteiger partial charge in [0.2, 0.25) is 0 Å². The average molecular weight is 376 g/mol. The van der Waals surface area contributed by atoms with Crippen LogP contribution in [0.3, 0.4) is 0 Å². The topological polar surface area (TPSA) is 78.1 Å². The van der Waals surface area contributed by atoms with Crippen LogP contribution in [0.2, 0.25) is 0 Å². The fourth-order valence-electron chi connectivity index (χ4n) is 3.03. The van der Waals surface area contributed by atoms with E-state index in [1.165, 1.54) is 0 Å². The van der Waals surface area contributed by atoms with Gasteiger partial charge in [-0.15, -0.1) is 0 Å². The summed E-state index contributed by atoms with van der Waals surface area (Å²) in [6, 6.07) is 14.7. The molecule has 0 unspecified atom stereocenters. The highest BCUT2D eigenvalue weighted by molar-refractivity contribution is 6.04. The zero-order chi connectivity index (χ0) is 20.1. The van der Waals surface area contributed by atoms with Gasteiger partial charge in [-0.3, -0.25) is 9.59 Å². The Hall–Kier alpha value is -3.41. The van der Waals surface area contributed by atoms with Crippen molar-refractivity contribution in [2.75, 3.05) is 23.3 Å². The molecule has 1 amide bonds. The standard InChI is InChI=1S/C22H24N4O2/c1-4-26(5-2)20-12-9-17(14-23-20)24-21(27)18-10-11-19(25-22(18)28)16-8-6-7-15(3)13-16/h6-14H,4-5H2,1-3H3,(H,24,27)(H,25,28). The number of hydrogen-bond acceptors (Lipinski definition) is 4. The Bertz CT molecular complexity index is 1020. The largest absolute Gasteiger partial charge is 0.357 e. The van der Waals surface area contributed by atoms with Crippen molar-refractivity contribution in [2.45, 2.75) is 20.8 Å². The van der Waals surface area contributed by atoms with Crippen molar-refractivity contribution in [3.63, 3.8) is 0 Å². The van der Waals surface area contributed by atoms with Gasteiger partial charge in [0.25, 0.3) is 11.5 Å². The van der Waals surface area contributed by atoms with E-state index >= 15 is 0 Å². The number of nitrogens with one attached hydrogen (secondary N) is 2. The number of pyridine rings is 2. The van der Waals surface area contributed by atoms with Crippen molar-refractivity contribution in [1.82, 2.24) is 9.97 Å². The molecule has 3 aromatic rings. The molecule has 0 saturated heterocycles. The van der Waals surface area contributed by atoms with Crippen LogP contribution in [0.15, 0.2) is 59.5 Å². The Kier molecular flexibility index (Phi) is 5.89. The molecule has 3 rings (SSSR count). The summed E-state index contributed by atoms with van der Waals surface area (Å²) < 4.78 is 0. The molecule has 0 aliphatic heterocycles. The average Bonchev–Trinajstić information content (AvgIpc) is 2.70. The Morgan fingerprint density at radius 1 is 1.11 bits per heavy atom. The zero-order valence-corrected chi connectivity index (χ0v) is 16.3. The van der Waals surface area contributed by atoms with Crippen LogP contribution in [-0.2, 0) is 0 Å². The Morgan fingerprint density at radius 2 is 1.89 bits per heavy atom.